The summed E-state index contributed by atoms with van der Waals surface area (Å²) in [5.41, 5.74) is -0.0505. The highest BCUT2D eigenvalue weighted by Crippen LogP contribution is 2.28. The van der Waals surface area contributed by atoms with E-state index in [0.717, 1.165) is 25.7 Å². The molecule has 0 fully saturated rings. The van der Waals surface area contributed by atoms with Crippen LogP contribution in [0, 0.1) is 0 Å². The zero-order chi connectivity index (χ0) is 13.6. The molecule has 0 saturated heterocycles. The predicted molar refractivity (Wildman–Crippen MR) is 80.6 cm³/mol. The van der Waals surface area contributed by atoms with E-state index in [2.05, 4.69) is 38.2 Å². The molecule has 1 N–H and O–H groups in total. The number of rotatable bonds is 8. The second kappa shape index (κ2) is 7.27. The van der Waals surface area contributed by atoms with E-state index in [9.17, 15) is 0 Å². The lowest BCUT2D eigenvalue weighted by atomic mass is 9.86. The summed E-state index contributed by atoms with van der Waals surface area (Å²) < 4.78 is 5.84. The van der Waals surface area contributed by atoms with Crippen molar-refractivity contribution < 1.29 is 4.74 Å². The third kappa shape index (κ3) is 3.34. The topological polar surface area (TPSA) is 21.3 Å². The summed E-state index contributed by atoms with van der Waals surface area (Å²) in [4.78, 5) is 2.92. The number of methoxy groups -OCH3 is 1. The zero-order valence-corrected chi connectivity index (χ0v) is 13.2. The number of likely N-dealkylation sites (N-methyl/N-ethyl adjacent to an activating group) is 1. The van der Waals surface area contributed by atoms with Crippen molar-refractivity contribution in [3.05, 3.63) is 21.9 Å². The van der Waals surface area contributed by atoms with E-state index >= 15 is 0 Å². The second-order valence-corrected chi connectivity index (χ2v) is 6.00. The van der Waals surface area contributed by atoms with Gasteiger partial charge in [-0.3, -0.25) is 0 Å². The molecule has 0 amide bonds. The van der Waals surface area contributed by atoms with Crippen molar-refractivity contribution in [2.75, 3.05) is 14.2 Å². The summed E-state index contributed by atoms with van der Waals surface area (Å²) in [5.74, 6) is 0. The minimum absolute atomic E-state index is 0.0505. The molecule has 0 aliphatic rings. The van der Waals surface area contributed by atoms with Gasteiger partial charge in [-0.05, 0) is 44.9 Å². The summed E-state index contributed by atoms with van der Waals surface area (Å²) in [6.45, 7) is 6.63. The van der Waals surface area contributed by atoms with Crippen LogP contribution in [-0.4, -0.2) is 25.8 Å². The summed E-state index contributed by atoms with van der Waals surface area (Å²) >= 11 is 1.93. The summed E-state index contributed by atoms with van der Waals surface area (Å²) in [5, 5.41) is 3.45. The predicted octanol–water partition coefficient (Wildman–Crippen LogP) is 3.65. The Kier molecular flexibility index (Phi) is 6.33. The maximum absolute atomic E-state index is 5.84. The molecule has 1 rings (SSSR count). The molecule has 0 spiro atoms. The number of ether oxygens (including phenoxy) is 1. The lowest BCUT2D eigenvalue weighted by molar-refractivity contribution is -0.0452. The van der Waals surface area contributed by atoms with Crippen LogP contribution in [0.5, 0.6) is 0 Å². The van der Waals surface area contributed by atoms with Gasteiger partial charge in [0.25, 0.3) is 0 Å². The van der Waals surface area contributed by atoms with Crippen LogP contribution in [0.15, 0.2) is 12.1 Å². The molecule has 1 heterocycles. The molecule has 1 aromatic heterocycles. The van der Waals surface area contributed by atoms with Crippen molar-refractivity contribution in [2.45, 2.75) is 58.1 Å². The molecule has 0 saturated carbocycles. The smallest absolute Gasteiger partial charge is 0.0829 e. The largest absolute Gasteiger partial charge is 0.377 e. The van der Waals surface area contributed by atoms with E-state index in [1.807, 2.05) is 25.5 Å². The summed E-state index contributed by atoms with van der Waals surface area (Å²) in [6, 6.07) is 4.89. The fourth-order valence-corrected chi connectivity index (χ4v) is 3.65. The molecule has 1 aromatic rings. The number of hydrogen-bond acceptors (Lipinski definition) is 3. The van der Waals surface area contributed by atoms with Gasteiger partial charge in [-0.2, -0.15) is 0 Å². The van der Waals surface area contributed by atoms with Crippen LogP contribution >= 0.6 is 11.3 Å². The van der Waals surface area contributed by atoms with E-state index < -0.39 is 0 Å². The molecular formula is C15H27NOS. The van der Waals surface area contributed by atoms with Crippen LogP contribution in [0.4, 0.5) is 0 Å². The normalized spacial score (nSPS) is 13.8. The van der Waals surface area contributed by atoms with Crippen molar-refractivity contribution in [3.8, 4) is 0 Å². The first kappa shape index (κ1) is 15.7. The molecule has 104 valence electrons. The number of nitrogens with one attached hydrogen (secondary N) is 1. The first-order valence-electron chi connectivity index (χ1n) is 6.95. The first-order valence-corrected chi connectivity index (χ1v) is 7.77. The first-order chi connectivity index (χ1) is 8.65. The molecule has 2 nitrogen and oxygen atoms in total. The minimum atomic E-state index is -0.0505. The van der Waals surface area contributed by atoms with Gasteiger partial charge >= 0.3 is 0 Å². The maximum Gasteiger partial charge on any atom is 0.0829 e. The third-order valence-corrected chi connectivity index (χ3v) is 5.31. The van der Waals surface area contributed by atoms with Gasteiger partial charge in [0, 0.05) is 22.9 Å². The maximum atomic E-state index is 5.84. The van der Waals surface area contributed by atoms with Gasteiger partial charge in [0.2, 0.25) is 0 Å². The molecule has 1 unspecified atom stereocenters. The Balaban J connectivity index is 2.82. The molecule has 0 bridgehead atoms. The third-order valence-electron chi connectivity index (χ3n) is 4.06. The van der Waals surface area contributed by atoms with Crippen molar-refractivity contribution in [1.82, 2.24) is 5.32 Å². The van der Waals surface area contributed by atoms with Crippen molar-refractivity contribution in [2.24, 2.45) is 0 Å². The molecule has 0 radical (unpaired) electrons. The van der Waals surface area contributed by atoms with Gasteiger partial charge in [0.1, 0.15) is 0 Å². The number of thiophene rings is 1. The van der Waals surface area contributed by atoms with Crippen LogP contribution in [0.25, 0.3) is 0 Å². The standard InChI is InChI=1S/C15H27NOS/c1-6-12-9-10-13(18-12)11-14(16-4)15(7-2,8-3)17-5/h9-10,14,16H,6-8,11H2,1-5H3. The van der Waals surface area contributed by atoms with Crippen LogP contribution in [0.1, 0.15) is 43.4 Å². The van der Waals surface area contributed by atoms with E-state index in [-0.39, 0.29) is 5.60 Å². The van der Waals surface area contributed by atoms with E-state index in [0.29, 0.717) is 6.04 Å². The van der Waals surface area contributed by atoms with Crippen LogP contribution in [0.3, 0.4) is 0 Å². The molecule has 18 heavy (non-hydrogen) atoms. The quantitative estimate of drug-likeness (QED) is 0.778. The average Bonchev–Trinajstić information content (AvgIpc) is 2.87. The number of aryl methyl sites for hydroxylation is 1. The molecule has 1 atom stereocenters. The van der Waals surface area contributed by atoms with Crippen LogP contribution < -0.4 is 5.32 Å². The van der Waals surface area contributed by atoms with Gasteiger partial charge < -0.3 is 10.1 Å². The Morgan fingerprint density at radius 2 is 1.83 bits per heavy atom. The molecule has 0 aliphatic heterocycles. The zero-order valence-electron chi connectivity index (χ0n) is 12.4. The van der Waals surface area contributed by atoms with Crippen molar-refractivity contribution in [1.29, 1.82) is 0 Å². The highest BCUT2D eigenvalue weighted by Gasteiger charge is 2.34. The second-order valence-electron chi connectivity index (χ2n) is 4.74. The fourth-order valence-electron chi connectivity index (χ4n) is 2.65. The van der Waals surface area contributed by atoms with Gasteiger partial charge in [-0.15, -0.1) is 11.3 Å². The summed E-state index contributed by atoms with van der Waals surface area (Å²) in [6.07, 6.45) is 4.26. The summed E-state index contributed by atoms with van der Waals surface area (Å²) in [7, 11) is 3.88. The fraction of sp³-hybridized carbons (Fsp3) is 0.733. The van der Waals surface area contributed by atoms with Gasteiger partial charge in [-0.1, -0.05) is 20.8 Å². The SMILES string of the molecule is CCc1ccc(CC(NC)C(CC)(CC)OC)s1. The monoisotopic (exact) mass is 269 g/mol. The lowest BCUT2D eigenvalue weighted by Crippen LogP contribution is -2.51. The highest BCUT2D eigenvalue weighted by atomic mass is 32.1. The Hall–Kier alpha value is -0.380. The Labute approximate surface area is 116 Å². The Morgan fingerprint density at radius 1 is 1.22 bits per heavy atom. The molecule has 0 aliphatic carbocycles. The van der Waals surface area contributed by atoms with Gasteiger partial charge in [-0.25, -0.2) is 0 Å². The Morgan fingerprint density at radius 3 is 2.22 bits per heavy atom. The van der Waals surface area contributed by atoms with E-state index in [1.165, 1.54) is 9.75 Å². The minimum Gasteiger partial charge on any atom is -0.377 e. The van der Waals surface area contributed by atoms with Crippen molar-refractivity contribution in [3.63, 3.8) is 0 Å². The molecule has 0 aromatic carbocycles. The molecule has 3 heteroatoms. The van der Waals surface area contributed by atoms with E-state index in [1.54, 1.807) is 0 Å². The van der Waals surface area contributed by atoms with Crippen LogP contribution in [-0.2, 0) is 17.6 Å². The van der Waals surface area contributed by atoms with Gasteiger partial charge in [0.15, 0.2) is 0 Å². The van der Waals surface area contributed by atoms with Crippen molar-refractivity contribution >= 4 is 11.3 Å². The molecular weight excluding hydrogens is 242 g/mol. The highest BCUT2D eigenvalue weighted by molar-refractivity contribution is 7.11. The Bertz CT molecular complexity index is 336. The lowest BCUT2D eigenvalue weighted by Gasteiger charge is -2.38. The van der Waals surface area contributed by atoms with E-state index in [4.69, 9.17) is 4.74 Å². The van der Waals surface area contributed by atoms with Gasteiger partial charge in [0.05, 0.1) is 5.60 Å². The number of hydrogen-bond donors (Lipinski definition) is 1. The average molecular weight is 269 g/mol. The van der Waals surface area contributed by atoms with Crippen LogP contribution in [0.2, 0.25) is 0 Å².